The molecule has 0 amide bonds. The average molecular weight is 142 g/mol. The Bertz CT molecular complexity index is 147. The van der Waals surface area contributed by atoms with Gasteiger partial charge in [0.05, 0.1) is 12.7 Å². The molecule has 1 N–H and O–H groups in total. The summed E-state index contributed by atoms with van der Waals surface area (Å²) < 4.78 is 5.07. The third-order valence-corrected chi connectivity index (χ3v) is 1.85. The zero-order valence-electron chi connectivity index (χ0n) is 6.55. The lowest BCUT2D eigenvalue weighted by molar-refractivity contribution is 0.0852. The summed E-state index contributed by atoms with van der Waals surface area (Å²) in [5.41, 5.74) is 0.739. The van der Waals surface area contributed by atoms with Crippen LogP contribution in [0.3, 0.4) is 0 Å². The third kappa shape index (κ3) is 1.58. The number of hydrogen-bond acceptors (Lipinski definition) is 2. The van der Waals surface area contributed by atoms with Crippen molar-refractivity contribution in [2.24, 2.45) is 0 Å². The summed E-state index contributed by atoms with van der Waals surface area (Å²) in [6.07, 6.45) is 0.279. The highest BCUT2D eigenvalue weighted by molar-refractivity contribution is 5.01. The highest BCUT2D eigenvalue weighted by Crippen LogP contribution is 2.32. The minimum Gasteiger partial charge on any atom is -0.390 e. The van der Waals surface area contributed by atoms with Crippen LogP contribution in [-0.2, 0) is 4.74 Å². The van der Waals surface area contributed by atoms with Crippen molar-refractivity contribution < 1.29 is 9.84 Å². The van der Waals surface area contributed by atoms with Crippen LogP contribution in [0.15, 0.2) is 12.2 Å². The summed E-state index contributed by atoms with van der Waals surface area (Å²) >= 11 is 0. The molecule has 0 aromatic heterocycles. The molecule has 1 fully saturated rings. The number of aliphatic hydroxyl groups excluding tert-OH is 1. The molecule has 58 valence electrons. The number of aliphatic hydroxyl groups is 1. The molecule has 0 spiro atoms. The molecule has 2 nitrogen and oxygen atoms in total. The van der Waals surface area contributed by atoms with E-state index in [-0.39, 0.29) is 11.7 Å². The van der Waals surface area contributed by atoms with Crippen LogP contribution in [0.5, 0.6) is 0 Å². The number of epoxide rings is 1. The zero-order chi connectivity index (χ0) is 7.78. The van der Waals surface area contributed by atoms with Crippen LogP contribution in [0.1, 0.15) is 20.3 Å². The van der Waals surface area contributed by atoms with Gasteiger partial charge in [0.1, 0.15) is 5.60 Å². The fourth-order valence-electron chi connectivity index (χ4n) is 0.852. The molecule has 1 aliphatic heterocycles. The summed E-state index contributed by atoms with van der Waals surface area (Å²) in [5, 5.41) is 9.43. The van der Waals surface area contributed by atoms with Crippen molar-refractivity contribution in [3.63, 3.8) is 0 Å². The molecule has 1 saturated heterocycles. The van der Waals surface area contributed by atoms with Crippen molar-refractivity contribution in [2.75, 3.05) is 6.61 Å². The molecule has 0 aliphatic carbocycles. The van der Waals surface area contributed by atoms with Gasteiger partial charge in [0.15, 0.2) is 0 Å². The molecule has 0 aromatic rings. The summed E-state index contributed by atoms with van der Waals surface area (Å²) in [6.45, 7) is 8.23. The van der Waals surface area contributed by atoms with Gasteiger partial charge < -0.3 is 9.84 Å². The highest BCUT2D eigenvalue weighted by Gasteiger charge is 2.45. The second kappa shape index (κ2) is 2.36. The zero-order valence-corrected chi connectivity index (χ0v) is 6.55. The van der Waals surface area contributed by atoms with Crippen LogP contribution in [0.4, 0.5) is 0 Å². The van der Waals surface area contributed by atoms with E-state index in [9.17, 15) is 5.11 Å². The lowest BCUT2D eigenvalue weighted by Gasteiger charge is -2.13. The first-order valence-electron chi connectivity index (χ1n) is 3.51. The van der Waals surface area contributed by atoms with Crippen LogP contribution in [0.25, 0.3) is 0 Å². The molecular weight excluding hydrogens is 128 g/mol. The summed E-state index contributed by atoms with van der Waals surface area (Å²) in [6, 6.07) is 0. The van der Waals surface area contributed by atoms with Gasteiger partial charge in [-0.1, -0.05) is 5.57 Å². The van der Waals surface area contributed by atoms with Gasteiger partial charge >= 0.3 is 0 Å². The second-order valence-electron chi connectivity index (χ2n) is 3.28. The lowest BCUT2D eigenvalue weighted by Crippen LogP contribution is -2.26. The maximum absolute atomic E-state index is 9.43. The molecule has 1 heterocycles. The number of hydrogen-bond donors (Lipinski definition) is 1. The molecule has 2 heteroatoms. The first-order chi connectivity index (χ1) is 4.54. The lowest BCUT2D eigenvalue weighted by atomic mass is 10.00. The SMILES string of the molecule is C=C(C)CC(O)C1(C)CO1. The molecule has 0 bridgehead atoms. The van der Waals surface area contributed by atoms with Gasteiger partial charge in [0.25, 0.3) is 0 Å². The normalized spacial score (nSPS) is 33.5. The van der Waals surface area contributed by atoms with Gasteiger partial charge in [-0.2, -0.15) is 0 Å². The number of ether oxygens (including phenoxy) is 1. The Morgan fingerprint density at radius 1 is 1.90 bits per heavy atom. The molecular formula is C8H14O2. The summed E-state index contributed by atoms with van der Waals surface area (Å²) in [7, 11) is 0. The maximum atomic E-state index is 9.43. The average Bonchev–Trinajstić information content (AvgIpc) is 2.47. The van der Waals surface area contributed by atoms with Gasteiger partial charge in [0, 0.05) is 0 Å². The highest BCUT2D eigenvalue weighted by atomic mass is 16.6. The Morgan fingerprint density at radius 2 is 2.40 bits per heavy atom. The summed E-state index contributed by atoms with van der Waals surface area (Å²) in [4.78, 5) is 0. The topological polar surface area (TPSA) is 32.8 Å². The first-order valence-corrected chi connectivity index (χ1v) is 3.51. The molecule has 0 saturated carbocycles. The van der Waals surface area contributed by atoms with Gasteiger partial charge in [-0.3, -0.25) is 0 Å². The van der Waals surface area contributed by atoms with Crippen molar-refractivity contribution in [1.82, 2.24) is 0 Å². The van der Waals surface area contributed by atoms with E-state index in [1.165, 1.54) is 0 Å². The fourth-order valence-corrected chi connectivity index (χ4v) is 0.852. The van der Waals surface area contributed by atoms with Gasteiger partial charge in [-0.25, -0.2) is 0 Å². The van der Waals surface area contributed by atoms with E-state index in [0.717, 1.165) is 5.57 Å². The molecule has 2 atom stereocenters. The monoisotopic (exact) mass is 142 g/mol. The van der Waals surface area contributed by atoms with Crippen LogP contribution in [0.2, 0.25) is 0 Å². The van der Waals surface area contributed by atoms with Crippen LogP contribution in [0, 0.1) is 0 Å². The Kier molecular flexibility index (Phi) is 1.84. The second-order valence-corrected chi connectivity index (χ2v) is 3.28. The van der Waals surface area contributed by atoms with E-state index in [1.54, 1.807) is 0 Å². The number of rotatable bonds is 3. The Morgan fingerprint density at radius 3 is 2.70 bits per heavy atom. The van der Waals surface area contributed by atoms with E-state index in [2.05, 4.69) is 6.58 Å². The van der Waals surface area contributed by atoms with Crippen molar-refractivity contribution in [3.8, 4) is 0 Å². The van der Waals surface area contributed by atoms with Crippen LogP contribution >= 0.6 is 0 Å². The molecule has 10 heavy (non-hydrogen) atoms. The quantitative estimate of drug-likeness (QED) is 0.473. The van der Waals surface area contributed by atoms with E-state index < -0.39 is 0 Å². The van der Waals surface area contributed by atoms with Crippen molar-refractivity contribution in [1.29, 1.82) is 0 Å². The largest absolute Gasteiger partial charge is 0.390 e. The Balaban J connectivity index is 2.34. The Labute approximate surface area is 61.5 Å². The van der Waals surface area contributed by atoms with E-state index >= 15 is 0 Å². The van der Waals surface area contributed by atoms with Crippen molar-refractivity contribution in [3.05, 3.63) is 12.2 Å². The first kappa shape index (κ1) is 7.76. The maximum Gasteiger partial charge on any atom is 0.115 e. The molecule has 0 aromatic carbocycles. The van der Waals surface area contributed by atoms with Crippen LogP contribution in [-0.4, -0.2) is 23.4 Å². The predicted molar refractivity (Wildman–Crippen MR) is 39.8 cm³/mol. The van der Waals surface area contributed by atoms with E-state index in [4.69, 9.17) is 4.74 Å². The fraction of sp³-hybridized carbons (Fsp3) is 0.750. The molecule has 2 unspecified atom stereocenters. The van der Waals surface area contributed by atoms with Crippen LogP contribution < -0.4 is 0 Å². The minimum atomic E-state index is -0.370. The minimum absolute atomic E-state index is 0.265. The molecule has 0 radical (unpaired) electrons. The molecule has 1 aliphatic rings. The van der Waals surface area contributed by atoms with E-state index in [1.807, 2.05) is 13.8 Å². The standard InChI is InChI=1S/C8H14O2/c1-6(2)4-7(9)8(3)5-10-8/h7,9H,1,4-5H2,2-3H3. The van der Waals surface area contributed by atoms with Gasteiger partial charge in [-0.15, -0.1) is 6.58 Å². The van der Waals surface area contributed by atoms with Gasteiger partial charge in [0.2, 0.25) is 0 Å². The predicted octanol–water partition coefficient (Wildman–Crippen LogP) is 1.10. The van der Waals surface area contributed by atoms with Crippen molar-refractivity contribution >= 4 is 0 Å². The van der Waals surface area contributed by atoms with Gasteiger partial charge in [-0.05, 0) is 20.3 Å². The molecule has 1 rings (SSSR count). The smallest absolute Gasteiger partial charge is 0.115 e. The van der Waals surface area contributed by atoms with E-state index in [0.29, 0.717) is 13.0 Å². The van der Waals surface area contributed by atoms with Crippen molar-refractivity contribution in [2.45, 2.75) is 32.0 Å². The summed E-state index contributed by atoms with van der Waals surface area (Å²) in [5.74, 6) is 0. The Hall–Kier alpha value is -0.340. The third-order valence-electron chi connectivity index (χ3n) is 1.85.